The van der Waals surface area contributed by atoms with Gasteiger partial charge in [0.25, 0.3) is 0 Å². The fraction of sp³-hybridized carbons (Fsp3) is 0.143. The first-order valence-electron chi connectivity index (χ1n) is 5.74. The Kier molecular flexibility index (Phi) is 4.73. The molecule has 0 amide bonds. The highest BCUT2D eigenvalue weighted by molar-refractivity contribution is 6.27. The summed E-state index contributed by atoms with van der Waals surface area (Å²) in [5.41, 5.74) is 1.94. The smallest absolute Gasteiger partial charge is 0.0539 e. The van der Waals surface area contributed by atoms with Gasteiger partial charge in [-0.05, 0) is 24.3 Å². The summed E-state index contributed by atoms with van der Waals surface area (Å²) in [6.07, 6.45) is 0. The zero-order chi connectivity index (χ0) is 12.8. The van der Waals surface area contributed by atoms with E-state index < -0.39 is 0 Å². The largest absolute Gasteiger partial charge is 0.283 e. The number of para-hydroxylation sites is 2. The van der Waals surface area contributed by atoms with E-state index >= 15 is 0 Å². The molecule has 0 heterocycles. The number of nitrogens with zero attached hydrogens (tertiary/aromatic N) is 2. The number of rotatable bonds is 5. The van der Waals surface area contributed by atoms with Gasteiger partial charge in [-0.1, -0.05) is 36.4 Å². The van der Waals surface area contributed by atoms with Gasteiger partial charge in [0.2, 0.25) is 0 Å². The van der Waals surface area contributed by atoms with Crippen molar-refractivity contribution in [1.29, 1.82) is 0 Å². The first-order valence-corrected chi connectivity index (χ1v) is 6.42. The lowest BCUT2D eigenvalue weighted by Gasteiger charge is -2.20. The van der Waals surface area contributed by atoms with Gasteiger partial charge >= 0.3 is 0 Å². The molecule has 2 aromatic rings. The lowest BCUT2D eigenvalue weighted by Crippen LogP contribution is -2.24. The van der Waals surface area contributed by atoms with Crippen molar-refractivity contribution in [2.24, 2.45) is 0 Å². The topological polar surface area (TPSA) is 6.48 Å². The summed E-state index contributed by atoms with van der Waals surface area (Å²) in [7, 11) is 0. The van der Waals surface area contributed by atoms with Crippen molar-refractivity contribution < 1.29 is 0 Å². The van der Waals surface area contributed by atoms with Crippen LogP contribution in [-0.4, -0.2) is 13.1 Å². The van der Waals surface area contributed by atoms with Gasteiger partial charge in [-0.25, -0.2) is 0 Å². The van der Waals surface area contributed by atoms with Crippen LogP contribution in [0.2, 0.25) is 0 Å². The predicted molar refractivity (Wildman–Crippen MR) is 79.3 cm³/mol. The van der Waals surface area contributed by atoms with E-state index in [1.165, 1.54) is 0 Å². The highest BCUT2D eigenvalue weighted by atomic mass is 35.5. The van der Waals surface area contributed by atoms with E-state index in [2.05, 4.69) is 0 Å². The van der Waals surface area contributed by atoms with E-state index in [0.717, 1.165) is 11.4 Å². The Morgan fingerprint density at radius 2 is 0.944 bits per heavy atom. The molecule has 0 saturated carbocycles. The quantitative estimate of drug-likeness (QED) is 0.754. The Bertz CT molecular complexity index is 416. The number of benzene rings is 2. The molecule has 94 valence electrons. The molecular weight excluding hydrogens is 267 g/mol. The summed E-state index contributed by atoms with van der Waals surface area (Å²) in [5, 5.41) is 0. The Labute approximate surface area is 118 Å². The fourth-order valence-corrected chi connectivity index (χ4v) is 1.99. The molecule has 18 heavy (non-hydrogen) atoms. The molecule has 0 aliphatic heterocycles. The van der Waals surface area contributed by atoms with Crippen LogP contribution in [-0.2, 0) is 0 Å². The predicted octanol–water partition coefficient (Wildman–Crippen LogP) is 4.31. The van der Waals surface area contributed by atoms with Crippen LogP contribution in [0.15, 0.2) is 60.7 Å². The minimum absolute atomic E-state index is 0.643. The Morgan fingerprint density at radius 1 is 0.611 bits per heavy atom. The van der Waals surface area contributed by atoms with Crippen LogP contribution >= 0.6 is 23.6 Å². The molecule has 0 fully saturated rings. The molecule has 2 aromatic carbocycles. The Hall–Kier alpha value is -1.38. The number of hydrogen-bond donors (Lipinski definition) is 0. The normalized spacial score (nSPS) is 10.1. The van der Waals surface area contributed by atoms with Gasteiger partial charge in [0, 0.05) is 23.6 Å². The third-order valence-electron chi connectivity index (χ3n) is 2.57. The van der Waals surface area contributed by atoms with E-state index in [9.17, 15) is 0 Å². The van der Waals surface area contributed by atoms with Crippen molar-refractivity contribution in [3.8, 4) is 0 Å². The van der Waals surface area contributed by atoms with Crippen molar-refractivity contribution in [2.45, 2.75) is 0 Å². The second-order valence-corrected chi connectivity index (χ2v) is 4.66. The molecule has 2 nitrogen and oxygen atoms in total. The second-order valence-electron chi connectivity index (χ2n) is 3.84. The van der Waals surface area contributed by atoms with Crippen molar-refractivity contribution >= 4 is 34.9 Å². The van der Waals surface area contributed by atoms with Gasteiger partial charge in [-0.15, -0.1) is 0 Å². The van der Waals surface area contributed by atoms with Crippen LogP contribution in [0.25, 0.3) is 0 Å². The lowest BCUT2D eigenvalue weighted by atomic mass is 10.3. The van der Waals surface area contributed by atoms with Crippen LogP contribution < -0.4 is 8.84 Å². The van der Waals surface area contributed by atoms with Crippen molar-refractivity contribution in [3.63, 3.8) is 0 Å². The van der Waals surface area contributed by atoms with Gasteiger partial charge in [0.05, 0.1) is 24.5 Å². The average Bonchev–Trinajstić information content (AvgIpc) is 2.46. The Morgan fingerprint density at radius 3 is 1.28 bits per heavy atom. The zero-order valence-corrected chi connectivity index (χ0v) is 11.3. The van der Waals surface area contributed by atoms with Crippen LogP contribution in [0.1, 0.15) is 0 Å². The van der Waals surface area contributed by atoms with Crippen molar-refractivity contribution in [2.75, 3.05) is 21.9 Å². The molecule has 0 N–H and O–H groups in total. The summed E-state index contributed by atoms with van der Waals surface area (Å²) in [5.74, 6) is 0. The summed E-state index contributed by atoms with van der Waals surface area (Å²) in [6, 6.07) is 19.6. The van der Waals surface area contributed by atoms with Gasteiger partial charge in [0.1, 0.15) is 0 Å². The summed E-state index contributed by atoms with van der Waals surface area (Å²) >= 11 is 12.4. The summed E-state index contributed by atoms with van der Waals surface area (Å²) in [4.78, 5) is 0. The molecule has 4 heteroatoms. The SMILES string of the molecule is ClN(CCN(Cl)c1ccccc1)c1ccccc1. The standard InChI is InChI=1S/C14H14Cl2N2/c15-17(13-7-3-1-4-8-13)11-12-18(16)14-9-5-2-6-10-14/h1-10H,11-12H2. The molecular formula is C14H14Cl2N2. The van der Waals surface area contributed by atoms with Crippen LogP contribution in [0.4, 0.5) is 11.4 Å². The van der Waals surface area contributed by atoms with Gasteiger partial charge in [-0.2, -0.15) is 0 Å². The fourth-order valence-electron chi connectivity index (χ4n) is 1.61. The minimum Gasteiger partial charge on any atom is -0.283 e. The van der Waals surface area contributed by atoms with E-state index in [1.807, 2.05) is 60.7 Å². The first-order chi connectivity index (χ1) is 8.77. The third-order valence-corrected chi connectivity index (χ3v) is 3.29. The van der Waals surface area contributed by atoms with E-state index in [1.54, 1.807) is 8.84 Å². The molecule has 0 spiro atoms. The molecule has 0 unspecified atom stereocenters. The van der Waals surface area contributed by atoms with E-state index in [-0.39, 0.29) is 0 Å². The molecule has 0 radical (unpaired) electrons. The molecule has 0 saturated heterocycles. The van der Waals surface area contributed by atoms with E-state index in [4.69, 9.17) is 23.6 Å². The third kappa shape index (κ3) is 3.56. The molecule has 0 aromatic heterocycles. The van der Waals surface area contributed by atoms with Gasteiger partial charge < -0.3 is 0 Å². The zero-order valence-electron chi connectivity index (χ0n) is 9.84. The van der Waals surface area contributed by atoms with Crippen LogP contribution in [0, 0.1) is 0 Å². The number of hydrogen-bond acceptors (Lipinski definition) is 2. The Balaban J connectivity index is 1.89. The summed E-state index contributed by atoms with van der Waals surface area (Å²) in [6.45, 7) is 1.29. The molecule has 0 atom stereocenters. The monoisotopic (exact) mass is 280 g/mol. The maximum atomic E-state index is 6.19. The molecule has 0 aliphatic carbocycles. The number of anilines is 2. The second kappa shape index (κ2) is 6.53. The summed E-state index contributed by atoms with van der Waals surface area (Å²) < 4.78 is 3.33. The average molecular weight is 281 g/mol. The van der Waals surface area contributed by atoms with Gasteiger partial charge in [-0.3, -0.25) is 8.84 Å². The maximum Gasteiger partial charge on any atom is 0.0539 e. The minimum atomic E-state index is 0.643. The lowest BCUT2D eigenvalue weighted by molar-refractivity contribution is 0.956. The molecule has 0 bridgehead atoms. The van der Waals surface area contributed by atoms with Crippen molar-refractivity contribution in [3.05, 3.63) is 60.7 Å². The highest BCUT2D eigenvalue weighted by Crippen LogP contribution is 2.18. The van der Waals surface area contributed by atoms with Crippen LogP contribution in [0.5, 0.6) is 0 Å². The van der Waals surface area contributed by atoms with Crippen LogP contribution in [0.3, 0.4) is 0 Å². The van der Waals surface area contributed by atoms with Gasteiger partial charge in [0.15, 0.2) is 0 Å². The highest BCUT2D eigenvalue weighted by Gasteiger charge is 2.06. The number of halogens is 2. The van der Waals surface area contributed by atoms with E-state index in [0.29, 0.717) is 13.1 Å². The first kappa shape index (κ1) is 13.1. The molecule has 0 aliphatic rings. The maximum absolute atomic E-state index is 6.19. The molecule has 2 rings (SSSR count). The van der Waals surface area contributed by atoms with Crippen molar-refractivity contribution in [1.82, 2.24) is 0 Å².